The van der Waals surface area contributed by atoms with E-state index in [4.69, 9.17) is 11.6 Å². The molecule has 25 heavy (non-hydrogen) atoms. The Morgan fingerprint density at radius 3 is 2.52 bits per heavy atom. The smallest absolute Gasteiger partial charge is 0.204 e. The molecule has 0 aliphatic carbocycles. The Balaban J connectivity index is 1.54. The largest absolute Gasteiger partial charge is 0.367 e. The Bertz CT molecular complexity index is 849. The number of nitrogens with one attached hydrogen (secondary N) is 1. The molecule has 1 aliphatic rings. The molecule has 0 unspecified atom stereocenters. The van der Waals surface area contributed by atoms with E-state index in [1.807, 2.05) is 18.2 Å². The predicted octanol–water partition coefficient (Wildman–Crippen LogP) is 2.92. The Hall–Kier alpha value is -2.19. The molecule has 3 heterocycles. The fraction of sp³-hybridized carbons (Fsp3) is 0.375. The van der Waals surface area contributed by atoms with E-state index in [0.29, 0.717) is 5.82 Å². The molecule has 1 saturated heterocycles. The van der Waals surface area contributed by atoms with Crippen molar-refractivity contribution in [3.05, 3.63) is 33.8 Å². The zero-order valence-corrected chi connectivity index (χ0v) is 15.6. The number of aromatic amines is 1. The molecule has 7 nitrogen and oxygen atoms in total. The second kappa shape index (κ2) is 6.61. The Morgan fingerprint density at radius 2 is 1.88 bits per heavy atom. The average molecular weight is 376 g/mol. The first-order valence-corrected chi connectivity index (χ1v) is 9.25. The van der Waals surface area contributed by atoms with E-state index in [0.717, 1.165) is 48.1 Å². The summed E-state index contributed by atoms with van der Waals surface area (Å²) < 4.78 is 4.47. The minimum atomic E-state index is 0.576. The number of hydrogen-bond donors (Lipinski definition) is 1. The van der Waals surface area contributed by atoms with Gasteiger partial charge in [-0.25, -0.2) is 0 Å². The number of hydrogen-bond acceptors (Lipinski definition) is 7. The van der Waals surface area contributed by atoms with Crippen molar-refractivity contribution >= 4 is 34.5 Å². The lowest BCUT2D eigenvalue weighted by molar-refractivity contribution is 0.651. The van der Waals surface area contributed by atoms with Crippen LogP contribution < -0.4 is 9.80 Å². The number of aromatic nitrogens is 5. The quantitative estimate of drug-likeness (QED) is 0.758. The molecule has 1 aromatic carbocycles. The highest BCUT2D eigenvalue weighted by Crippen LogP contribution is 2.33. The fourth-order valence-electron chi connectivity index (χ4n) is 3.28. The fourth-order valence-corrected chi connectivity index (χ4v) is 4.24. The third-order valence-corrected chi connectivity index (χ3v) is 5.63. The van der Waals surface area contributed by atoms with Crippen LogP contribution in [0, 0.1) is 13.8 Å². The van der Waals surface area contributed by atoms with Crippen molar-refractivity contribution in [1.29, 1.82) is 0 Å². The summed E-state index contributed by atoms with van der Waals surface area (Å²) in [5, 5.41) is 14.9. The number of piperazine rings is 1. The number of rotatable bonds is 3. The molecule has 1 N–H and O–H groups in total. The van der Waals surface area contributed by atoms with Crippen molar-refractivity contribution in [2.45, 2.75) is 13.8 Å². The normalized spacial score (nSPS) is 15.0. The van der Waals surface area contributed by atoms with E-state index in [2.05, 4.69) is 48.6 Å². The molecule has 9 heteroatoms. The van der Waals surface area contributed by atoms with Crippen LogP contribution in [0.1, 0.15) is 10.6 Å². The monoisotopic (exact) mass is 375 g/mol. The summed E-state index contributed by atoms with van der Waals surface area (Å²) in [4.78, 5) is 6.01. The highest BCUT2D eigenvalue weighted by Gasteiger charge is 2.23. The van der Waals surface area contributed by atoms with Gasteiger partial charge in [-0.2, -0.15) is 9.59 Å². The molecule has 130 valence electrons. The standard InChI is InChI=1S/C16H18ClN7S/c1-10-15(11(2)25-20-10)24-7-5-23(6-8-24)14-9-12(3-4-13(14)17)16-18-21-22-19-16/h3-4,9H,5-8H2,1-2H3,(H,18,19,21,22). The Labute approximate surface area is 154 Å². The van der Waals surface area contributed by atoms with E-state index in [-0.39, 0.29) is 0 Å². The van der Waals surface area contributed by atoms with Crippen LogP contribution in [0.15, 0.2) is 18.2 Å². The van der Waals surface area contributed by atoms with E-state index in [1.165, 1.54) is 10.6 Å². The first-order chi connectivity index (χ1) is 12.1. The van der Waals surface area contributed by atoms with E-state index < -0.39 is 0 Å². The van der Waals surface area contributed by atoms with E-state index in [1.54, 1.807) is 11.5 Å². The van der Waals surface area contributed by atoms with Gasteiger partial charge in [-0.1, -0.05) is 11.6 Å². The van der Waals surface area contributed by atoms with Crippen molar-refractivity contribution in [2.24, 2.45) is 0 Å². The number of aryl methyl sites for hydroxylation is 2. The van der Waals surface area contributed by atoms with Crippen molar-refractivity contribution < 1.29 is 0 Å². The third-order valence-electron chi connectivity index (χ3n) is 4.48. The molecule has 1 aliphatic heterocycles. The summed E-state index contributed by atoms with van der Waals surface area (Å²) in [5.74, 6) is 0.576. The van der Waals surface area contributed by atoms with Gasteiger partial charge in [0.15, 0.2) is 0 Å². The summed E-state index contributed by atoms with van der Waals surface area (Å²) in [6, 6.07) is 5.84. The highest BCUT2D eigenvalue weighted by molar-refractivity contribution is 7.06. The number of anilines is 2. The number of tetrazole rings is 1. The first kappa shape index (κ1) is 16.3. The van der Waals surface area contributed by atoms with Gasteiger partial charge in [0, 0.05) is 36.6 Å². The van der Waals surface area contributed by atoms with Crippen molar-refractivity contribution in [3.63, 3.8) is 0 Å². The van der Waals surface area contributed by atoms with Crippen LogP contribution in [0.5, 0.6) is 0 Å². The second-order valence-electron chi connectivity index (χ2n) is 6.05. The lowest BCUT2D eigenvalue weighted by Gasteiger charge is -2.38. The topological polar surface area (TPSA) is 73.8 Å². The second-order valence-corrected chi connectivity index (χ2v) is 7.43. The van der Waals surface area contributed by atoms with E-state index in [9.17, 15) is 0 Å². The molecule has 0 spiro atoms. The summed E-state index contributed by atoms with van der Waals surface area (Å²) in [6.45, 7) is 7.92. The maximum atomic E-state index is 6.45. The molecule has 0 amide bonds. The summed E-state index contributed by atoms with van der Waals surface area (Å²) in [7, 11) is 0. The van der Waals surface area contributed by atoms with Gasteiger partial charge in [-0.05, 0) is 48.8 Å². The molecule has 0 saturated carbocycles. The first-order valence-electron chi connectivity index (χ1n) is 8.09. The predicted molar refractivity (Wildman–Crippen MR) is 101 cm³/mol. The van der Waals surface area contributed by atoms with Crippen LogP contribution in [-0.2, 0) is 0 Å². The Kier molecular flexibility index (Phi) is 4.30. The molecule has 4 rings (SSSR count). The van der Waals surface area contributed by atoms with Gasteiger partial charge >= 0.3 is 0 Å². The van der Waals surface area contributed by atoms with Crippen molar-refractivity contribution in [2.75, 3.05) is 36.0 Å². The molecule has 3 aromatic rings. The van der Waals surface area contributed by atoms with Crippen LogP contribution in [-0.4, -0.2) is 51.2 Å². The summed E-state index contributed by atoms with van der Waals surface area (Å²) in [6.07, 6.45) is 0. The maximum Gasteiger partial charge on any atom is 0.204 e. The average Bonchev–Trinajstić information content (AvgIpc) is 3.26. The highest BCUT2D eigenvalue weighted by atomic mass is 35.5. The van der Waals surface area contributed by atoms with Gasteiger partial charge in [0.1, 0.15) is 0 Å². The van der Waals surface area contributed by atoms with Crippen LogP contribution in [0.25, 0.3) is 11.4 Å². The molecule has 1 fully saturated rings. The molecule has 0 atom stereocenters. The molecule has 2 aromatic heterocycles. The van der Waals surface area contributed by atoms with Gasteiger partial charge in [-0.3, -0.25) is 0 Å². The van der Waals surface area contributed by atoms with Crippen LogP contribution >= 0.6 is 23.1 Å². The van der Waals surface area contributed by atoms with E-state index >= 15 is 0 Å². The molecular formula is C16H18ClN7S. The summed E-state index contributed by atoms with van der Waals surface area (Å²) in [5.41, 5.74) is 4.33. The number of H-pyrrole nitrogens is 1. The van der Waals surface area contributed by atoms with Gasteiger partial charge in [-0.15, -0.1) is 10.2 Å². The van der Waals surface area contributed by atoms with Gasteiger partial charge in [0.05, 0.1) is 22.1 Å². The maximum absolute atomic E-state index is 6.45. The number of halogens is 1. The van der Waals surface area contributed by atoms with Gasteiger partial charge < -0.3 is 9.80 Å². The van der Waals surface area contributed by atoms with Crippen LogP contribution in [0.2, 0.25) is 5.02 Å². The molecule has 0 bridgehead atoms. The van der Waals surface area contributed by atoms with Crippen LogP contribution in [0.4, 0.5) is 11.4 Å². The minimum absolute atomic E-state index is 0.576. The van der Waals surface area contributed by atoms with Gasteiger partial charge in [0.2, 0.25) is 5.82 Å². The van der Waals surface area contributed by atoms with Crippen LogP contribution in [0.3, 0.4) is 0 Å². The lowest BCUT2D eigenvalue weighted by atomic mass is 10.1. The minimum Gasteiger partial charge on any atom is -0.367 e. The van der Waals surface area contributed by atoms with Gasteiger partial charge in [0.25, 0.3) is 0 Å². The third kappa shape index (κ3) is 3.07. The molecular weight excluding hydrogens is 358 g/mol. The molecule has 0 radical (unpaired) electrons. The zero-order chi connectivity index (χ0) is 17.4. The number of benzene rings is 1. The summed E-state index contributed by atoms with van der Waals surface area (Å²) >= 11 is 8.03. The lowest BCUT2D eigenvalue weighted by Crippen LogP contribution is -2.47. The SMILES string of the molecule is Cc1nsc(C)c1N1CCN(c2cc(-c3nn[nH]n3)ccc2Cl)CC1. The number of nitrogens with zero attached hydrogens (tertiary/aromatic N) is 6. The van der Waals surface area contributed by atoms with Crippen molar-refractivity contribution in [3.8, 4) is 11.4 Å². The van der Waals surface area contributed by atoms with Crippen molar-refractivity contribution in [1.82, 2.24) is 25.0 Å². The zero-order valence-electron chi connectivity index (χ0n) is 14.0. The Morgan fingerprint density at radius 1 is 1.12 bits per heavy atom.